The fourth-order valence-corrected chi connectivity index (χ4v) is 5.50. The number of nitrogens with one attached hydrogen (secondary N) is 2. The highest BCUT2D eigenvalue weighted by Crippen LogP contribution is 2.27. The number of amides is 3. The fourth-order valence-electron chi connectivity index (χ4n) is 5.26. The largest absolute Gasteiger partial charge is 0.444 e. The monoisotopic (exact) mass is 561 g/mol. The average molecular weight is 562 g/mol. The van der Waals surface area contributed by atoms with E-state index in [4.69, 9.17) is 4.74 Å². The molecule has 3 amide bonds. The molecule has 2 N–H and O–H groups in total. The van der Waals surface area contributed by atoms with E-state index in [0.29, 0.717) is 6.54 Å². The molecule has 220 valence electrons. The predicted octanol–water partition coefficient (Wildman–Crippen LogP) is 6.42. The van der Waals surface area contributed by atoms with Gasteiger partial charge in [0, 0.05) is 18.3 Å². The van der Waals surface area contributed by atoms with E-state index in [1.165, 1.54) is 6.42 Å². The van der Waals surface area contributed by atoms with Crippen LogP contribution in [-0.2, 0) is 14.3 Å². The third-order valence-corrected chi connectivity index (χ3v) is 7.39. The van der Waals surface area contributed by atoms with Gasteiger partial charge in [-0.1, -0.05) is 81.2 Å². The summed E-state index contributed by atoms with van der Waals surface area (Å²) in [5, 5.41) is 5.97. The molecule has 1 aliphatic carbocycles. The minimum Gasteiger partial charge on any atom is -0.444 e. The van der Waals surface area contributed by atoms with Crippen LogP contribution in [0.1, 0.15) is 115 Å². The number of rotatable bonds is 13. The van der Waals surface area contributed by atoms with E-state index >= 15 is 0 Å². The second-order valence-electron chi connectivity index (χ2n) is 12.0. The lowest BCUT2D eigenvalue weighted by Crippen LogP contribution is -2.54. The lowest BCUT2D eigenvalue weighted by atomic mass is 9.94. The van der Waals surface area contributed by atoms with E-state index in [-0.39, 0.29) is 23.6 Å². The molecule has 0 bridgehead atoms. The van der Waals surface area contributed by atoms with Crippen LogP contribution < -0.4 is 10.6 Å². The summed E-state index contributed by atoms with van der Waals surface area (Å²) in [6.07, 6.45) is 9.69. The lowest BCUT2D eigenvalue weighted by Gasteiger charge is -2.36. The van der Waals surface area contributed by atoms with Crippen molar-refractivity contribution in [1.29, 1.82) is 0 Å². The van der Waals surface area contributed by atoms with Gasteiger partial charge in [-0.05, 0) is 59.4 Å². The van der Waals surface area contributed by atoms with Crippen LogP contribution in [0.4, 0.5) is 4.79 Å². The van der Waals surface area contributed by atoms with Gasteiger partial charge in [-0.3, -0.25) is 9.59 Å². The van der Waals surface area contributed by atoms with E-state index in [0.717, 1.165) is 74.5 Å². The van der Waals surface area contributed by atoms with E-state index in [9.17, 15) is 14.4 Å². The smallest absolute Gasteiger partial charge is 0.408 e. The topological polar surface area (TPSA) is 87.7 Å². The van der Waals surface area contributed by atoms with Crippen LogP contribution in [0, 0.1) is 13.8 Å². The molecule has 2 unspecified atom stereocenters. The molecule has 0 saturated heterocycles. The molecule has 7 nitrogen and oxygen atoms in total. The van der Waals surface area contributed by atoms with Gasteiger partial charge in [0.2, 0.25) is 11.8 Å². The molecule has 8 heteroatoms. The number of hydrogen-bond acceptors (Lipinski definition) is 5. The maximum atomic E-state index is 14.1. The second kappa shape index (κ2) is 16.1. The van der Waals surface area contributed by atoms with Crippen molar-refractivity contribution >= 4 is 30.5 Å². The van der Waals surface area contributed by atoms with Crippen LogP contribution in [0.5, 0.6) is 0 Å². The van der Waals surface area contributed by atoms with Crippen molar-refractivity contribution < 1.29 is 19.1 Å². The van der Waals surface area contributed by atoms with Crippen molar-refractivity contribution in [2.75, 3.05) is 12.3 Å². The van der Waals surface area contributed by atoms with Gasteiger partial charge in [-0.25, -0.2) is 4.79 Å². The molecule has 1 saturated carbocycles. The highest BCUT2D eigenvalue weighted by molar-refractivity contribution is 7.80. The van der Waals surface area contributed by atoms with Crippen LogP contribution in [0.15, 0.2) is 18.2 Å². The van der Waals surface area contributed by atoms with Crippen molar-refractivity contribution in [3.05, 3.63) is 34.9 Å². The summed E-state index contributed by atoms with van der Waals surface area (Å²) in [5.41, 5.74) is 2.16. The van der Waals surface area contributed by atoms with Crippen LogP contribution in [0.25, 0.3) is 0 Å². The number of carbonyl (C=O) groups excluding carboxylic acids is 3. The number of nitrogens with zero attached hydrogens (tertiary/aromatic N) is 1. The molecule has 0 aliphatic heterocycles. The standard InChI is InChI=1S/C31H51N3O4S/c1-7-8-9-10-14-17-34(29(36)26(21-39)33-30(37)38-31(4,5)6)27(24-19-22(2)18-23(3)20-24)28(35)32-25-15-12-11-13-16-25/h18-20,25-27,39H,7-17,21H2,1-6H3,(H,32,35)(H,33,37). The molecule has 0 heterocycles. The first kappa shape index (κ1) is 33.0. The van der Waals surface area contributed by atoms with Crippen molar-refractivity contribution in [1.82, 2.24) is 15.5 Å². The number of thiol groups is 1. The molecule has 2 rings (SSSR count). The van der Waals surface area contributed by atoms with Crippen LogP contribution in [-0.4, -0.2) is 52.8 Å². The number of carbonyl (C=O) groups is 3. The second-order valence-corrected chi connectivity index (χ2v) is 12.4. The van der Waals surface area contributed by atoms with Gasteiger partial charge in [0.15, 0.2) is 0 Å². The Hall–Kier alpha value is -2.22. The Kier molecular flexibility index (Phi) is 13.7. The van der Waals surface area contributed by atoms with E-state index in [2.05, 4.69) is 36.3 Å². The summed E-state index contributed by atoms with van der Waals surface area (Å²) in [4.78, 5) is 42.4. The summed E-state index contributed by atoms with van der Waals surface area (Å²) in [5.74, 6) is -0.396. The zero-order valence-electron chi connectivity index (χ0n) is 25.0. The van der Waals surface area contributed by atoms with Gasteiger partial charge in [-0.15, -0.1) is 0 Å². The van der Waals surface area contributed by atoms with E-state index in [1.807, 2.05) is 26.0 Å². The van der Waals surface area contributed by atoms with Crippen molar-refractivity contribution in [2.24, 2.45) is 0 Å². The summed E-state index contributed by atoms with van der Waals surface area (Å²) < 4.78 is 5.42. The van der Waals surface area contributed by atoms with Gasteiger partial charge in [0.05, 0.1) is 0 Å². The highest BCUT2D eigenvalue weighted by atomic mass is 32.1. The fraction of sp³-hybridized carbons (Fsp3) is 0.710. The Morgan fingerprint density at radius 3 is 2.18 bits per heavy atom. The molecule has 0 aromatic heterocycles. The van der Waals surface area contributed by atoms with Gasteiger partial charge < -0.3 is 20.3 Å². The number of alkyl carbamates (subject to hydrolysis) is 1. The Bertz CT molecular complexity index is 920. The molecule has 1 aromatic carbocycles. The molecule has 39 heavy (non-hydrogen) atoms. The molecule has 0 spiro atoms. The number of hydrogen-bond donors (Lipinski definition) is 3. The third-order valence-electron chi connectivity index (χ3n) is 7.03. The minimum atomic E-state index is -0.922. The third kappa shape index (κ3) is 11.4. The number of benzene rings is 1. The van der Waals surface area contributed by atoms with Gasteiger partial charge in [-0.2, -0.15) is 12.6 Å². The Balaban J connectivity index is 2.43. The van der Waals surface area contributed by atoms with Gasteiger partial charge >= 0.3 is 6.09 Å². The first-order valence-electron chi connectivity index (χ1n) is 14.7. The summed E-state index contributed by atoms with van der Waals surface area (Å²) in [6, 6.07) is 4.44. The minimum absolute atomic E-state index is 0.0915. The lowest BCUT2D eigenvalue weighted by molar-refractivity contribution is -0.142. The zero-order chi connectivity index (χ0) is 29.0. The molecule has 0 radical (unpaired) electrons. The summed E-state index contributed by atoms with van der Waals surface area (Å²) in [6.45, 7) is 11.9. The van der Waals surface area contributed by atoms with Crippen molar-refractivity contribution in [3.8, 4) is 0 Å². The summed E-state index contributed by atoms with van der Waals surface area (Å²) >= 11 is 4.40. The molecule has 2 atom stereocenters. The maximum absolute atomic E-state index is 14.1. The highest BCUT2D eigenvalue weighted by Gasteiger charge is 2.36. The van der Waals surface area contributed by atoms with Gasteiger partial charge in [0.1, 0.15) is 17.7 Å². The molecular weight excluding hydrogens is 510 g/mol. The van der Waals surface area contributed by atoms with Crippen molar-refractivity contribution in [2.45, 2.75) is 129 Å². The van der Waals surface area contributed by atoms with Crippen molar-refractivity contribution in [3.63, 3.8) is 0 Å². The van der Waals surface area contributed by atoms with E-state index < -0.39 is 23.8 Å². The first-order valence-corrected chi connectivity index (χ1v) is 15.4. The molecular formula is C31H51N3O4S. The Morgan fingerprint density at radius 2 is 1.62 bits per heavy atom. The summed E-state index contributed by atoms with van der Waals surface area (Å²) in [7, 11) is 0. The van der Waals surface area contributed by atoms with Gasteiger partial charge in [0.25, 0.3) is 0 Å². The normalized spacial score (nSPS) is 15.8. The number of ether oxygens (including phenoxy) is 1. The predicted molar refractivity (Wildman–Crippen MR) is 161 cm³/mol. The SMILES string of the molecule is CCCCCCCN(C(=O)C(CS)NC(=O)OC(C)(C)C)C(C(=O)NC1CCCCC1)c1cc(C)cc(C)c1. The van der Waals surface area contributed by atoms with Crippen LogP contribution in [0.2, 0.25) is 0 Å². The van der Waals surface area contributed by atoms with E-state index in [1.54, 1.807) is 25.7 Å². The number of aryl methyl sites for hydroxylation is 2. The molecule has 1 aliphatic rings. The average Bonchev–Trinajstić information content (AvgIpc) is 2.85. The maximum Gasteiger partial charge on any atom is 0.408 e. The zero-order valence-corrected chi connectivity index (χ0v) is 25.9. The van der Waals surface area contributed by atoms with Crippen LogP contribution >= 0.6 is 12.6 Å². The quantitative estimate of drug-likeness (QED) is 0.192. The molecule has 1 aromatic rings. The first-order chi connectivity index (χ1) is 18.4. The Morgan fingerprint density at radius 1 is 1.00 bits per heavy atom. The van der Waals surface area contributed by atoms with Crippen LogP contribution in [0.3, 0.4) is 0 Å². The molecule has 1 fully saturated rings. The number of unbranched alkanes of at least 4 members (excludes halogenated alkanes) is 4. The Labute approximate surface area is 241 Å².